The molecule has 0 aliphatic carbocycles. The van der Waals surface area contributed by atoms with Crippen molar-refractivity contribution < 1.29 is 9.50 Å². The number of nitrogens with one attached hydrogen (secondary N) is 1. The van der Waals surface area contributed by atoms with Crippen LogP contribution in [0.4, 0.5) is 10.1 Å². The molecule has 1 rings (SSSR count). The summed E-state index contributed by atoms with van der Waals surface area (Å²) in [7, 11) is 0. The van der Waals surface area contributed by atoms with Crippen molar-refractivity contribution in [2.75, 3.05) is 5.32 Å². The number of benzene rings is 1. The molecule has 0 aliphatic rings. The first-order chi connectivity index (χ1) is 5.59. The van der Waals surface area contributed by atoms with Crippen molar-refractivity contribution >= 4 is 23.0 Å². The lowest BCUT2D eigenvalue weighted by atomic mass is 10.3. The van der Waals surface area contributed by atoms with E-state index >= 15 is 0 Å². The number of halogens is 1. The van der Waals surface area contributed by atoms with Crippen LogP contribution in [0.25, 0.3) is 0 Å². The van der Waals surface area contributed by atoms with E-state index in [0.717, 1.165) is 6.07 Å². The highest BCUT2D eigenvalue weighted by atomic mass is 32.1. The van der Waals surface area contributed by atoms with Gasteiger partial charge in [0.05, 0.1) is 5.69 Å². The van der Waals surface area contributed by atoms with Gasteiger partial charge in [-0.2, -0.15) is 0 Å². The van der Waals surface area contributed by atoms with Gasteiger partial charge in [0.1, 0.15) is 11.6 Å². The second kappa shape index (κ2) is 3.36. The normalized spacial score (nSPS) is 9.42. The molecule has 0 amide bonds. The lowest BCUT2D eigenvalue weighted by molar-refractivity contribution is 0.471. The number of rotatable bonds is 1. The Morgan fingerprint density at radius 2 is 2.25 bits per heavy atom. The third kappa shape index (κ3) is 2.06. The van der Waals surface area contributed by atoms with Crippen LogP contribution in [0.5, 0.6) is 5.75 Å². The Morgan fingerprint density at radius 1 is 1.58 bits per heavy atom. The predicted molar refractivity (Wildman–Crippen MR) is 48.5 cm³/mol. The summed E-state index contributed by atoms with van der Waals surface area (Å²) in [6.07, 6.45) is 0. The van der Waals surface area contributed by atoms with Crippen molar-refractivity contribution in [3.63, 3.8) is 0 Å². The molecule has 0 unspecified atom stereocenters. The maximum Gasteiger partial charge on any atom is 0.168 e. The smallest absolute Gasteiger partial charge is 0.168 e. The monoisotopic (exact) mass is 186 g/mol. The quantitative estimate of drug-likeness (QED) is 0.455. The van der Waals surface area contributed by atoms with Gasteiger partial charge in [0, 0.05) is 6.07 Å². The minimum absolute atomic E-state index is 0.0249. The van der Waals surface area contributed by atoms with Crippen LogP contribution in [-0.2, 0) is 0 Å². The van der Waals surface area contributed by atoms with Crippen LogP contribution in [0.2, 0.25) is 0 Å². The first-order valence-electron chi connectivity index (χ1n) is 3.14. The molecule has 0 radical (unpaired) electrons. The second-order valence-electron chi connectivity index (χ2n) is 2.15. The number of phenolic OH excluding ortho intramolecular Hbond substituents is 1. The van der Waals surface area contributed by atoms with Crippen molar-refractivity contribution in [2.45, 2.75) is 0 Å². The summed E-state index contributed by atoms with van der Waals surface area (Å²) in [6, 6.07) is 3.52. The van der Waals surface area contributed by atoms with E-state index < -0.39 is 5.82 Å². The summed E-state index contributed by atoms with van der Waals surface area (Å²) in [6.45, 7) is 0. The zero-order valence-electron chi connectivity index (χ0n) is 6.04. The summed E-state index contributed by atoms with van der Waals surface area (Å²) in [4.78, 5) is 0. The predicted octanol–water partition coefficient (Wildman–Crippen LogP) is 1.19. The van der Waals surface area contributed by atoms with E-state index in [1.807, 2.05) is 0 Å². The van der Waals surface area contributed by atoms with Crippen molar-refractivity contribution in [1.82, 2.24) is 0 Å². The van der Waals surface area contributed by atoms with Crippen LogP contribution < -0.4 is 11.1 Å². The molecule has 12 heavy (non-hydrogen) atoms. The Labute approximate surface area is 74.0 Å². The highest BCUT2D eigenvalue weighted by molar-refractivity contribution is 7.80. The van der Waals surface area contributed by atoms with Crippen LogP contribution >= 0.6 is 12.2 Å². The van der Waals surface area contributed by atoms with E-state index in [-0.39, 0.29) is 10.9 Å². The Hall–Kier alpha value is -1.36. The molecule has 4 N–H and O–H groups in total. The van der Waals surface area contributed by atoms with Crippen molar-refractivity contribution in [3.05, 3.63) is 24.0 Å². The molecular weight excluding hydrogens is 179 g/mol. The van der Waals surface area contributed by atoms with E-state index in [9.17, 15) is 4.39 Å². The van der Waals surface area contributed by atoms with E-state index in [2.05, 4.69) is 17.5 Å². The molecule has 3 nitrogen and oxygen atoms in total. The SMILES string of the molecule is NC(=S)Nc1ccc(F)cc1O. The highest BCUT2D eigenvalue weighted by Crippen LogP contribution is 2.22. The Balaban J connectivity index is 2.93. The summed E-state index contributed by atoms with van der Waals surface area (Å²) >= 11 is 4.53. The first-order valence-corrected chi connectivity index (χ1v) is 3.55. The molecule has 1 aromatic carbocycles. The Morgan fingerprint density at radius 3 is 2.75 bits per heavy atom. The summed E-state index contributed by atoms with van der Waals surface area (Å²) in [5.41, 5.74) is 5.44. The fourth-order valence-corrected chi connectivity index (χ4v) is 0.853. The molecule has 0 heterocycles. The Kier molecular flexibility index (Phi) is 2.44. The zero-order valence-corrected chi connectivity index (χ0v) is 6.86. The lowest BCUT2D eigenvalue weighted by Crippen LogP contribution is -2.18. The lowest BCUT2D eigenvalue weighted by Gasteiger charge is -2.05. The second-order valence-corrected chi connectivity index (χ2v) is 2.59. The summed E-state index contributed by atoms with van der Waals surface area (Å²) in [5, 5.41) is 11.6. The molecule has 64 valence electrons. The fourth-order valence-electron chi connectivity index (χ4n) is 0.743. The van der Waals surface area contributed by atoms with E-state index in [0.29, 0.717) is 5.69 Å². The van der Waals surface area contributed by atoms with Crippen LogP contribution in [0, 0.1) is 5.82 Å². The molecule has 1 aromatic rings. The van der Waals surface area contributed by atoms with Crippen LogP contribution in [0.3, 0.4) is 0 Å². The van der Waals surface area contributed by atoms with E-state index in [1.165, 1.54) is 12.1 Å². The molecule has 0 saturated carbocycles. The van der Waals surface area contributed by atoms with Gasteiger partial charge in [-0.25, -0.2) is 4.39 Å². The molecule has 0 atom stereocenters. The van der Waals surface area contributed by atoms with Gasteiger partial charge in [-0.3, -0.25) is 0 Å². The number of aromatic hydroxyl groups is 1. The van der Waals surface area contributed by atoms with Gasteiger partial charge in [-0.15, -0.1) is 0 Å². The molecular formula is C7H7FN2OS. The minimum Gasteiger partial charge on any atom is -0.506 e. The molecule has 5 heteroatoms. The molecule has 0 bridgehead atoms. The summed E-state index contributed by atoms with van der Waals surface area (Å²) in [5.74, 6) is -0.733. The van der Waals surface area contributed by atoms with Gasteiger partial charge in [0.2, 0.25) is 0 Å². The maximum absolute atomic E-state index is 12.4. The van der Waals surface area contributed by atoms with Crippen molar-refractivity contribution in [2.24, 2.45) is 5.73 Å². The van der Waals surface area contributed by atoms with Gasteiger partial charge in [0.25, 0.3) is 0 Å². The van der Waals surface area contributed by atoms with E-state index in [1.54, 1.807) is 0 Å². The zero-order chi connectivity index (χ0) is 9.14. The molecule has 0 aromatic heterocycles. The van der Waals surface area contributed by atoms with Crippen molar-refractivity contribution in [1.29, 1.82) is 0 Å². The van der Waals surface area contributed by atoms with Crippen LogP contribution in [0.15, 0.2) is 18.2 Å². The third-order valence-electron chi connectivity index (χ3n) is 1.22. The Bertz CT molecular complexity index is 316. The first kappa shape index (κ1) is 8.73. The van der Waals surface area contributed by atoms with Crippen LogP contribution in [0.1, 0.15) is 0 Å². The molecule has 0 spiro atoms. The standard InChI is InChI=1S/C7H7FN2OS/c8-4-1-2-5(6(11)3-4)10-7(9)12/h1-3,11H,(H3,9,10,12). The number of hydrogen-bond acceptors (Lipinski definition) is 2. The highest BCUT2D eigenvalue weighted by Gasteiger charge is 2.01. The average Bonchev–Trinajstić information content (AvgIpc) is 1.94. The number of hydrogen-bond donors (Lipinski definition) is 3. The third-order valence-corrected chi connectivity index (χ3v) is 1.32. The minimum atomic E-state index is -0.513. The number of phenols is 1. The van der Waals surface area contributed by atoms with Gasteiger partial charge in [-0.1, -0.05) is 0 Å². The van der Waals surface area contributed by atoms with E-state index in [4.69, 9.17) is 10.8 Å². The number of thiocarbonyl (C=S) groups is 1. The largest absolute Gasteiger partial charge is 0.506 e. The number of nitrogens with two attached hydrogens (primary N) is 1. The topological polar surface area (TPSA) is 58.3 Å². The maximum atomic E-state index is 12.4. The van der Waals surface area contributed by atoms with Gasteiger partial charge in [0.15, 0.2) is 5.11 Å². The van der Waals surface area contributed by atoms with Crippen molar-refractivity contribution in [3.8, 4) is 5.75 Å². The molecule has 0 fully saturated rings. The number of anilines is 1. The average molecular weight is 186 g/mol. The summed E-state index contributed by atoms with van der Waals surface area (Å²) < 4.78 is 12.4. The fraction of sp³-hybridized carbons (Fsp3) is 0. The van der Waals surface area contributed by atoms with Gasteiger partial charge < -0.3 is 16.2 Å². The molecule has 0 aliphatic heterocycles. The molecule has 0 saturated heterocycles. The van der Waals surface area contributed by atoms with Gasteiger partial charge >= 0.3 is 0 Å². The van der Waals surface area contributed by atoms with Gasteiger partial charge in [-0.05, 0) is 24.4 Å². The van der Waals surface area contributed by atoms with Crippen LogP contribution in [-0.4, -0.2) is 10.2 Å².